The molecule has 228 valence electrons. The fourth-order valence-corrected chi connectivity index (χ4v) is 7.58. The number of carbonyl (C=O) groups is 3. The Bertz CT molecular complexity index is 1400. The molecule has 8 N–H and O–H groups in total. The number of aliphatic hydroxyl groups excluding tert-OH is 3. The fraction of sp³-hybridized carbons (Fsp3) is 0.567. The number of likely N-dealkylation sites (tertiary alicyclic amines) is 1. The van der Waals surface area contributed by atoms with E-state index in [2.05, 4.69) is 17.1 Å². The molecule has 0 radical (unpaired) electrons. The molecule has 6 atom stereocenters. The van der Waals surface area contributed by atoms with Gasteiger partial charge < -0.3 is 41.5 Å². The number of rotatable bonds is 6. The van der Waals surface area contributed by atoms with Crippen LogP contribution in [0.25, 0.3) is 0 Å². The van der Waals surface area contributed by atoms with E-state index >= 15 is 0 Å². The van der Waals surface area contributed by atoms with Crippen molar-refractivity contribution in [3.05, 3.63) is 45.9 Å². The van der Waals surface area contributed by atoms with Gasteiger partial charge in [0.15, 0.2) is 11.4 Å². The largest absolute Gasteiger partial charge is 0.510 e. The van der Waals surface area contributed by atoms with Gasteiger partial charge in [-0.2, -0.15) is 0 Å². The summed E-state index contributed by atoms with van der Waals surface area (Å²) < 4.78 is 0. The fourth-order valence-electron chi connectivity index (χ4n) is 7.58. The Balaban J connectivity index is 1.59. The van der Waals surface area contributed by atoms with Crippen LogP contribution in [0.1, 0.15) is 54.9 Å². The zero-order valence-corrected chi connectivity index (χ0v) is 24.3. The lowest BCUT2D eigenvalue weighted by molar-refractivity contribution is -0.162. The average Bonchev–Trinajstić information content (AvgIpc) is 2.92. The molecule has 42 heavy (non-hydrogen) atoms. The van der Waals surface area contributed by atoms with Gasteiger partial charge in [-0.25, -0.2) is 0 Å². The summed E-state index contributed by atoms with van der Waals surface area (Å²) in [4.78, 5) is 43.5. The maximum Gasteiger partial charge on any atom is 0.255 e. The summed E-state index contributed by atoms with van der Waals surface area (Å²) in [5, 5.41) is 60.6. The van der Waals surface area contributed by atoms with Crippen molar-refractivity contribution in [2.24, 2.45) is 17.6 Å². The van der Waals surface area contributed by atoms with E-state index in [1.54, 1.807) is 19.1 Å². The number of anilines is 1. The number of fused-ring (bicyclic) bond motifs is 3. The number of carbonyl (C=O) groups excluding carboxylic acids is 3. The maximum absolute atomic E-state index is 14.0. The lowest BCUT2D eigenvalue weighted by atomic mass is 9.55. The van der Waals surface area contributed by atoms with E-state index in [4.69, 9.17) is 5.73 Å². The number of aliphatic hydroxyl groups is 4. The van der Waals surface area contributed by atoms with Gasteiger partial charge in [-0.15, -0.1) is 0 Å². The third-order valence-corrected chi connectivity index (χ3v) is 9.62. The lowest BCUT2D eigenvalue weighted by Gasteiger charge is -2.53. The second-order valence-electron chi connectivity index (χ2n) is 12.2. The van der Waals surface area contributed by atoms with Crippen LogP contribution in [0.4, 0.5) is 5.69 Å². The highest BCUT2D eigenvalue weighted by Crippen LogP contribution is 2.56. The molecule has 4 aliphatic rings. The smallest absolute Gasteiger partial charge is 0.255 e. The molecule has 12 nitrogen and oxygen atoms in total. The molecule has 0 aromatic heterocycles. The third kappa shape index (κ3) is 4.23. The monoisotopic (exact) mass is 584 g/mol. The van der Waals surface area contributed by atoms with Crippen molar-refractivity contribution in [3.8, 4) is 5.75 Å². The van der Waals surface area contributed by atoms with Crippen LogP contribution in [0.5, 0.6) is 5.75 Å². The van der Waals surface area contributed by atoms with Gasteiger partial charge in [-0.05, 0) is 57.5 Å². The van der Waals surface area contributed by atoms with Gasteiger partial charge >= 0.3 is 0 Å². The van der Waals surface area contributed by atoms with Gasteiger partial charge in [0.05, 0.1) is 29.3 Å². The van der Waals surface area contributed by atoms with Crippen LogP contribution in [-0.4, -0.2) is 110 Å². The van der Waals surface area contributed by atoms with E-state index in [-0.39, 0.29) is 17.4 Å². The number of benzene rings is 1. The van der Waals surface area contributed by atoms with Crippen molar-refractivity contribution in [3.63, 3.8) is 0 Å². The maximum atomic E-state index is 14.0. The first-order valence-corrected chi connectivity index (χ1v) is 14.4. The molecule has 1 fully saturated rings. The van der Waals surface area contributed by atoms with E-state index in [0.29, 0.717) is 11.3 Å². The van der Waals surface area contributed by atoms with Gasteiger partial charge in [0.2, 0.25) is 5.78 Å². The van der Waals surface area contributed by atoms with Gasteiger partial charge in [0.25, 0.3) is 5.91 Å². The van der Waals surface area contributed by atoms with E-state index < -0.39 is 75.6 Å². The van der Waals surface area contributed by atoms with Crippen LogP contribution < -0.4 is 11.1 Å². The first kappa shape index (κ1) is 30.0. The van der Waals surface area contributed by atoms with Gasteiger partial charge in [0.1, 0.15) is 22.8 Å². The SMILES string of the molecule is CCCN1CCC(Nc2ccc3c(c2O)C(=O)C2=C(O)[C@]4(O)C(=O)C(C(N)=O)=C(O)[C@@H](N(C)C)C4[C@@H](O)[C@@H]2[C@H]3C)CC1. The highest BCUT2D eigenvalue weighted by molar-refractivity contribution is 6.25. The topological polar surface area (TPSA) is 197 Å². The molecular weight excluding hydrogens is 544 g/mol. The summed E-state index contributed by atoms with van der Waals surface area (Å²) in [5.41, 5.74) is 1.80. The molecule has 1 unspecified atom stereocenters. The van der Waals surface area contributed by atoms with Gasteiger partial charge in [-0.3, -0.25) is 19.3 Å². The van der Waals surface area contributed by atoms with Crippen molar-refractivity contribution in [1.82, 2.24) is 9.80 Å². The molecule has 1 aromatic rings. The number of hydrogen-bond acceptors (Lipinski definition) is 11. The molecular formula is C30H40N4O8. The number of hydrogen-bond donors (Lipinski definition) is 7. The highest BCUT2D eigenvalue weighted by atomic mass is 16.4. The zero-order chi connectivity index (χ0) is 30.8. The average molecular weight is 585 g/mol. The Kier molecular flexibility index (Phi) is 7.63. The summed E-state index contributed by atoms with van der Waals surface area (Å²) in [6, 6.07) is 2.18. The van der Waals surface area contributed by atoms with Crippen molar-refractivity contribution in [2.75, 3.05) is 39.0 Å². The Hall–Kier alpha value is -3.45. The van der Waals surface area contributed by atoms with E-state index in [0.717, 1.165) is 38.9 Å². The summed E-state index contributed by atoms with van der Waals surface area (Å²) in [6.07, 6.45) is 1.16. The van der Waals surface area contributed by atoms with Crippen LogP contribution in [-0.2, 0) is 9.59 Å². The minimum absolute atomic E-state index is 0.0750. The zero-order valence-electron chi connectivity index (χ0n) is 24.3. The van der Waals surface area contributed by atoms with E-state index in [1.807, 2.05) is 0 Å². The Morgan fingerprint density at radius 2 is 1.81 bits per heavy atom. The number of phenols is 1. The number of nitrogens with one attached hydrogen (secondary N) is 1. The van der Waals surface area contributed by atoms with Crippen molar-refractivity contribution in [1.29, 1.82) is 0 Å². The quantitative estimate of drug-likeness (QED) is 0.186. The minimum atomic E-state index is -2.93. The van der Waals surface area contributed by atoms with Crippen LogP contribution in [0.15, 0.2) is 34.8 Å². The molecule has 1 heterocycles. The van der Waals surface area contributed by atoms with Crippen LogP contribution >= 0.6 is 0 Å². The molecule has 1 amide bonds. The number of amides is 1. The number of piperidine rings is 1. The molecule has 0 saturated carbocycles. The molecule has 5 rings (SSSR count). The van der Waals surface area contributed by atoms with Gasteiger partial charge in [0, 0.05) is 30.6 Å². The summed E-state index contributed by atoms with van der Waals surface area (Å²) >= 11 is 0. The lowest BCUT2D eigenvalue weighted by Crippen LogP contribution is -2.68. The molecule has 0 spiro atoms. The Morgan fingerprint density at radius 3 is 2.38 bits per heavy atom. The normalized spacial score (nSPS) is 32.1. The Labute approximate surface area is 244 Å². The number of likely N-dealkylation sites (N-methyl/N-ethyl adjacent to an activating group) is 1. The van der Waals surface area contributed by atoms with Gasteiger partial charge in [-0.1, -0.05) is 19.9 Å². The van der Waals surface area contributed by atoms with Crippen molar-refractivity contribution in [2.45, 2.75) is 62.8 Å². The van der Waals surface area contributed by atoms with Crippen LogP contribution in [0, 0.1) is 11.8 Å². The number of aromatic hydroxyl groups is 1. The van der Waals surface area contributed by atoms with Crippen LogP contribution in [0.2, 0.25) is 0 Å². The predicted octanol–water partition coefficient (Wildman–Crippen LogP) is 0.939. The number of ketones is 2. The highest BCUT2D eigenvalue weighted by Gasteiger charge is 2.67. The number of nitrogens with two attached hydrogens (primary N) is 1. The number of nitrogens with zero attached hydrogens (tertiary/aromatic N) is 2. The number of phenolic OH excluding ortho intramolecular Hbond substituents is 1. The number of primary amides is 1. The summed E-state index contributed by atoms with van der Waals surface area (Å²) in [7, 11) is 3.01. The molecule has 0 bridgehead atoms. The van der Waals surface area contributed by atoms with Crippen molar-refractivity contribution >= 4 is 23.2 Å². The first-order chi connectivity index (χ1) is 19.8. The second-order valence-corrected chi connectivity index (χ2v) is 12.2. The predicted molar refractivity (Wildman–Crippen MR) is 153 cm³/mol. The Morgan fingerprint density at radius 1 is 1.17 bits per heavy atom. The first-order valence-electron chi connectivity index (χ1n) is 14.4. The molecule has 12 heteroatoms. The standard InChI is InChI=1S/C30H40N4O8/c1-5-10-34-11-8-14(9-12-34)32-16-7-6-15-13(2)17-19(24(36)18(15)23(16)35)27(39)30(42)21(25(17)37)22(33(3)4)26(38)20(28(30)40)29(31)41/h6-7,13-14,17,21-22,25,32,35,37-39,42H,5,8-12H2,1-4H3,(H2,31,41)/t13-,17+,21?,22-,25-,30-/m0/s1. The van der Waals surface area contributed by atoms with E-state index in [1.165, 1.54) is 19.0 Å². The molecule has 3 aliphatic carbocycles. The minimum Gasteiger partial charge on any atom is -0.510 e. The van der Waals surface area contributed by atoms with E-state index in [9.17, 15) is 39.9 Å². The summed E-state index contributed by atoms with van der Waals surface area (Å²) in [5.74, 6) is -8.92. The number of Topliss-reactive ketones (excluding diaryl/α,β-unsaturated/α-hetero) is 2. The molecule has 1 aliphatic heterocycles. The van der Waals surface area contributed by atoms with Crippen LogP contribution in [0.3, 0.4) is 0 Å². The molecule has 1 aromatic carbocycles. The molecule has 1 saturated heterocycles. The summed E-state index contributed by atoms with van der Waals surface area (Å²) in [6.45, 7) is 6.69. The second kappa shape index (κ2) is 10.7. The van der Waals surface area contributed by atoms with Crippen molar-refractivity contribution < 1.29 is 39.9 Å². The third-order valence-electron chi connectivity index (χ3n) is 9.62.